The molecule has 2 N–H and O–H groups in total. The van der Waals surface area contributed by atoms with Gasteiger partial charge in [0, 0.05) is 35.3 Å². The van der Waals surface area contributed by atoms with Crippen LogP contribution >= 0.6 is 23.1 Å². The first kappa shape index (κ1) is 27.7. The number of fused-ring (bicyclic) bond motifs is 1. The maximum Gasteiger partial charge on any atom is 0.341 e. The van der Waals surface area contributed by atoms with Crippen molar-refractivity contribution in [3.63, 3.8) is 0 Å². The molecule has 0 radical (unpaired) electrons. The van der Waals surface area contributed by atoms with Crippen LogP contribution in [-0.4, -0.2) is 47.0 Å². The lowest BCUT2D eigenvalue weighted by atomic mass is 10.0. The van der Waals surface area contributed by atoms with E-state index in [9.17, 15) is 19.2 Å². The Morgan fingerprint density at radius 3 is 2.67 bits per heavy atom. The first-order valence-corrected chi connectivity index (χ1v) is 13.9. The van der Waals surface area contributed by atoms with Gasteiger partial charge in [-0.3, -0.25) is 14.4 Å². The zero-order valence-electron chi connectivity index (χ0n) is 21.1. The number of hydrogen-bond donors (Lipinski definition) is 2. The molecule has 2 heterocycles. The minimum atomic E-state index is -0.464. The average molecular weight is 532 g/mol. The summed E-state index contributed by atoms with van der Waals surface area (Å²) >= 11 is 2.69. The van der Waals surface area contributed by atoms with Crippen molar-refractivity contribution in [2.75, 3.05) is 23.8 Å². The van der Waals surface area contributed by atoms with Gasteiger partial charge in [0.15, 0.2) is 0 Å². The van der Waals surface area contributed by atoms with Gasteiger partial charge >= 0.3 is 5.97 Å². The Labute approximate surface area is 220 Å². The number of ether oxygens (including phenoxy) is 1. The van der Waals surface area contributed by atoms with Crippen LogP contribution in [0.1, 0.15) is 67.8 Å². The van der Waals surface area contributed by atoms with E-state index in [4.69, 9.17) is 4.74 Å². The summed E-state index contributed by atoms with van der Waals surface area (Å²) in [5, 5.41) is 5.82. The molecule has 0 spiro atoms. The number of hydrogen-bond acceptors (Lipinski definition) is 7. The molecular formula is C26H33N3O5S2. The molecule has 0 bridgehead atoms. The highest BCUT2D eigenvalue weighted by Crippen LogP contribution is 2.38. The van der Waals surface area contributed by atoms with Gasteiger partial charge in [-0.1, -0.05) is 19.4 Å². The molecule has 1 aliphatic heterocycles. The lowest BCUT2D eigenvalue weighted by Crippen LogP contribution is -2.34. The van der Waals surface area contributed by atoms with E-state index in [0.29, 0.717) is 42.2 Å². The van der Waals surface area contributed by atoms with Crippen molar-refractivity contribution in [1.82, 2.24) is 4.90 Å². The minimum Gasteiger partial charge on any atom is -0.462 e. The molecule has 194 valence electrons. The van der Waals surface area contributed by atoms with Crippen molar-refractivity contribution >= 4 is 57.5 Å². The number of benzene rings is 1. The normalized spacial score (nSPS) is 13.5. The molecule has 0 fully saturated rings. The molecule has 3 amide bonds. The zero-order valence-corrected chi connectivity index (χ0v) is 22.8. The van der Waals surface area contributed by atoms with Gasteiger partial charge in [0.25, 0.3) is 0 Å². The number of nitrogens with zero attached hydrogens (tertiary/aromatic N) is 1. The summed E-state index contributed by atoms with van der Waals surface area (Å²) in [4.78, 5) is 53.2. The summed E-state index contributed by atoms with van der Waals surface area (Å²) in [5.41, 5.74) is 1.93. The Morgan fingerprint density at radius 1 is 1.19 bits per heavy atom. The molecule has 2 aromatic rings. The fourth-order valence-corrected chi connectivity index (χ4v) is 6.04. The Morgan fingerprint density at radius 2 is 1.97 bits per heavy atom. The number of unbranched alkanes of at least 4 members (excludes halogenated alkanes) is 1. The quantitative estimate of drug-likeness (QED) is 0.327. The summed E-state index contributed by atoms with van der Waals surface area (Å²) in [5.74, 6) is -0.759. The maximum atomic E-state index is 13.1. The van der Waals surface area contributed by atoms with Gasteiger partial charge in [0.2, 0.25) is 17.7 Å². The molecule has 36 heavy (non-hydrogen) atoms. The monoisotopic (exact) mass is 531 g/mol. The number of carbonyl (C=O) groups is 4. The fourth-order valence-electron chi connectivity index (χ4n) is 3.86. The van der Waals surface area contributed by atoms with E-state index in [1.807, 2.05) is 31.2 Å². The minimum absolute atomic E-state index is 0.0221. The van der Waals surface area contributed by atoms with Crippen molar-refractivity contribution in [1.29, 1.82) is 0 Å². The van der Waals surface area contributed by atoms with E-state index in [1.165, 1.54) is 30.0 Å². The molecular weight excluding hydrogens is 498 g/mol. The first-order chi connectivity index (χ1) is 17.2. The number of anilines is 2. The SMILES string of the molecule is CCCCC(=O)Nc1cccc(SC(C)C(=O)Nc2sc3c(c2C(=O)OCC)CCN(C(C)=O)C3)c1. The van der Waals surface area contributed by atoms with Gasteiger partial charge in [-0.05, 0) is 50.5 Å². The Balaban J connectivity index is 1.72. The van der Waals surface area contributed by atoms with Crippen LogP contribution < -0.4 is 10.6 Å². The average Bonchev–Trinajstić information content (AvgIpc) is 3.20. The van der Waals surface area contributed by atoms with Crippen LogP contribution in [0.5, 0.6) is 0 Å². The molecule has 8 nitrogen and oxygen atoms in total. The Hall–Kier alpha value is -2.85. The van der Waals surface area contributed by atoms with Gasteiger partial charge in [0.05, 0.1) is 24.0 Å². The number of thioether (sulfide) groups is 1. The third-order valence-corrected chi connectivity index (χ3v) is 8.00. The molecule has 3 rings (SSSR count). The number of esters is 1. The lowest BCUT2D eigenvalue weighted by molar-refractivity contribution is -0.129. The van der Waals surface area contributed by atoms with Gasteiger partial charge in [-0.15, -0.1) is 23.1 Å². The van der Waals surface area contributed by atoms with Crippen molar-refractivity contribution in [3.8, 4) is 0 Å². The predicted molar refractivity (Wildman–Crippen MR) is 144 cm³/mol. The zero-order chi connectivity index (χ0) is 26.2. The molecule has 10 heteroatoms. The second kappa shape index (κ2) is 12.9. The maximum absolute atomic E-state index is 13.1. The molecule has 1 aromatic carbocycles. The highest BCUT2D eigenvalue weighted by Gasteiger charge is 2.31. The Kier molecular flexibility index (Phi) is 9.95. The third-order valence-electron chi connectivity index (χ3n) is 5.78. The van der Waals surface area contributed by atoms with Crippen molar-refractivity contribution < 1.29 is 23.9 Å². The highest BCUT2D eigenvalue weighted by atomic mass is 32.2. The second-order valence-electron chi connectivity index (χ2n) is 8.55. The van der Waals surface area contributed by atoms with E-state index in [1.54, 1.807) is 18.7 Å². The van der Waals surface area contributed by atoms with Crippen LogP contribution in [0.3, 0.4) is 0 Å². The van der Waals surface area contributed by atoms with Crippen LogP contribution in [0.4, 0.5) is 10.7 Å². The van der Waals surface area contributed by atoms with Crippen molar-refractivity contribution in [3.05, 3.63) is 40.3 Å². The largest absolute Gasteiger partial charge is 0.462 e. The topological polar surface area (TPSA) is 105 Å². The van der Waals surface area contributed by atoms with E-state index in [0.717, 1.165) is 28.2 Å². The number of nitrogens with one attached hydrogen (secondary N) is 2. The second-order valence-corrected chi connectivity index (χ2v) is 11.1. The predicted octanol–water partition coefficient (Wildman–Crippen LogP) is 5.08. The summed E-state index contributed by atoms with van der Waals surface area (Å²) in [6.45, 7) is 8.27. The van der Waals surface area contributed by atoms with Gasteiger partial charge in [0.1, 0.15) is 5.00 Å². The van der Waals surface area contributed by atoms with Crippen molar-refractivity contribution in [2.45, 2.75) is 70.1 Å². The summed E-state index contributed by atoms with van der Waals surface area (Å²) in [7, 11) is 0. The van der Waals surface area contributed by atoms with Crippen molar-refractivity contribution in [2.24, 2.45) is 0 Å². The first-order valence-electron chi connectivity index (χ1n) is 12.2. The van der Waals surface area contributed by atoms with E-state index >= 15 is 0 Å². The molecule has 0 saturated heterocycles. The molecule has 0 saturated carbocycles. The number of carbonyl (C=O) groups excluding carboxylic acids is 4. The molecule has 1 aliphatic rings. The molecule has 1 atom stereocenters. The highest BCUT2D eigenvalue weighted by molar-refractivity contribution is 8.00. The smallest absolute Gasteiger partial charge is 0.341 e. The van der Waals surface area contributed by atoms with Gasteiger partial charge < -0.3 is 20.3 Å². The van der Waals surface area contributed by atoms with Crippen LogP contribution in [0.15, 0.2) is 29.2 Å². The van der Waals surface area contributed by atoms with Crippen LogP contribution in [-0.2, 0) is 32.1 Å². The standard InChI is InChI=1S/C26H33N3O5S2/c1-5-7-11-22(31)27-18-9-8-10-19(14-18)35-16(3)24(32)28-25-23(26(33)34-6-2)20-12-13-29(17(4)30)15-21(20)36-25/h8-10,14,16H,5-7,11-13,15H2,1-4H3,(H,27,31)(H,28,32). The van der Waals surface area contributed by atoms with Crippen LogP contribution in [0, 0.1) is 0 Å². The summed E-state index contributed by atoms with van der Waals surface area (Å²) in [6, 6.07) is 7.41. The van der Waals surface area contributed by atoms with Crippen LogP contribution in [0.25, 0.3) is 0 Å². The van der Waals surface area contributed by atoms with Gasteiger partial charge in [-0.2, -0.15) is 0 Å². The molecule has 0 aliphatic carbocycles. The number of rotatable bonds is 10. The summed E-state index contributed by atoms with van der Waals surface area (Å²) < 4.78 is 5.27. The molecule has 1 unspecified atom stereocenters. The summed E-state index contributed by atoms with van der Waals surface area (Å²) in [6.07, 6.45) is 2.81. The number of amides is 3. The van der Waals surface area contributed by atoms with E-state index in [2.05, 4.69) is 10.6 Å². The van der Waals surface area contributed by atoms with E-state index < -0.39 is 11.2 Å². The van der Waals surface area contributed by atoms with Crippen LogP contribution in [0.2, 0.25) is 0 Å². The third kappa shape index (κ3) is 7.10. The fraction of sp³-hybridized carbons (Fsp3) is 0.462. The number of thiophene rings is 1. The Bertz CT molecular complexity index is 1130. The van der Waals surface area contributed by atoms with Gasteiger partial charge in [-0.25, -0.2) is 4.79 Å². The lowest BCUT2D eigenvalue weighted by Gasteiger charge is -2.25. The van der Waals surface area contributed by atoms with E-state index in [-0.39, 0.29) is 24.3 Å². The molecule has 1 aromatic heterocycles.